The fraction of sp³-hybridized carbons (Fsp3) is 0.571. The molecule has 0 aliphatic heterocycles. The van der Waals surface area contributed by atoms with E-state index >= 15 is 0 Å². The van der Waals surface area contributed by atoms with Crippen LogP contribution in [0.15, 0.2) is 11.5 Å². The molecule has 0 aromatic rings. The van der Waals surface area contributed by atoms with Gasteiger partial charge in [-0.25, -0.2) is 0 Å². The summed E-state index contributed by atoms with van der Waals surface area (Å²) >= 11 is 1.18. The van der Waals surface area contributed by atoms with E-state index in [1.54, 1.807) is 0 Å². The standard InChI is InChI=1S/C7H11NS/c1-2-3-4-5-6-9-7-8/h5-6H,2-4H2,1H3. The summed E-state index contributed by atoms with van der Waals surface area (Å²) in [5, 5.41) is 11.9. The van der Waals surface area contributed by atoms with Crippen molar-refractivity contribution in [1.82, 2.24) is 0 Å². The van der Waals surface area contributed by atoms with E-state index in [-0.39, 0.29) is 0 Å². The molecule has 0 aliphatic carbocycles. The molecule has 0 heterocycles. The molecule has 0 saturated carbocycles. The van der Waals surface area contributed by atoms with Gasteiger partial charge < -0.3 is 0 Å². The number of hydrogen-bond acceptors (Lipinski definition) is 2. The molecule has 0 bridgehead atoms. The third kappa shape index (κ3) is 7.58. The Kier molecular flexibility index (Phi) is 7.23. The van der Waals surface area contributed by atoms with Gasteiger partial charge >= 0.3 is 0 Å². The minimum atomic E-state index is 1.10. The Hall–Kier alpha value is -0.420. The molecule has 0 aromatic heterocycles. The number of unbranched alkanes of at least 4 members (excludes halogenated alkanes) is 2. The van der Waals surface area contributed by atoms with Gasteiger partial charge in [-0.1, -0.05) is 25.8 Å². The number of thioether (sulfide) groups is 1. The van der Waals surface area contributed by atoms with Crippen LogP contribution in [0.25, 0.3) is 0 Å². The van der Waals surface area contributed by atoms with Crippen LogP contribution in [0, 0.1) is 10.7 Å². The van der Waals surface area contributed by atoms with E-state index in [9.17, 15) is 0 Å². The van der Waals surface area contributed by atoms with Gasteiger partial charge in [0.25, 0.3) is 0 Å². The van der Waals surface area contributed by atoms with Crippen molar-refractivity contribution in [3.8, 4) is 5.40 Å². The van der Waals surface area contributed by atoms with Crippen LogP contribution in [0.3, 0.4) is 0 Å². The molecule has 0 unspecified atom stereocenters. The first-order valence-electron chi connectivity index (χ1n) is 3.11. The Morgan fingerprint density at radius 1 is 1.67 bits per heavy atom. The molecular formula is C7H11NS. The lowest BCUT2D eigenvalue weighted by Gasteiger charge is -1.84. The number of rotatable bonds is 4. The summed E-state index contributed by atoms with van der Waals surface area (Å²) in [7, 11) is 0. The molecule has 0 atom stereocenters. The molecule has 0 aliphatic rings. The zero-order chi connectivity index (χ0) is 6.95. The van der Waals surface area contributed by atoms with E-state index in [1.807, 2.05) is 16.9 Å². The molecule has 9 heavy (non-hydrogen) atoms. The smallest absolute Gasteiger partial charge is 0.137 e. The van der Waals surface area contributed by atoms with Gasteiger partial charge in [0.1, 0.15) is 5.40 Å². The molecule has 0 amide bonds. The van der Waals surface area contributed by atoms with Gasteiger partial charge in [0.15, 0.2) is 0 Å². The quantitative estimate of drug-likeness (QED) is 0.444. The van der Waals surface area contributed by atoms with Gasteiger partial charge in [-0.3, -0.25) is 0 Å². The Balaban J connectivity index is 2.97. The molecule has 2 heteroatoms. The summed E-state index contributed by atoms with van der Waals surface area (Å²) < 4.78 is 0. The van der Waals surface area contributed by atoms with Crippen LogP contribution in [0.2, 0.25) is 0 Å². The summed E-state index contributed by atoms with van der Waals surface area (Å²) in [6, 6.07) is 0. The van der Waals surface area contributed by atoms with Gasteiger partial charge in [0.05, 0.1) is 0 Å². The monoisotopic (exact) mass is 141 g/mol. The van der Waals surface area contributed by atoms with Gasteiger partial charge in [-0.05, 0) is 23.6 Å². The third-order valence-electron chi connectivity index (χ3n) is 0.941. The van der Waals surface area contributed by atoms with E-state index in [1.165, 1.54) is 24.6 Å². The minimum Gasteiger partial charge on any atom is -0.185 e. The highest BCUT2D eigenvalue weighted by Crippen LogP contribution is 2.01. The minimum absolute atomic E-state index is 1.10. The SMILES string of the molecule is CCCCC=CSC#N. The number of nitrogens with zero attached hydrogens (tertiary/aromatic N) is 1. The van der Waals surface area contributed by atoms with Crippen LogP contribution in [0.5, 0.6) is 0 Å². The largest absolute Gasteiger partial charge is 0.185 e. The van der Waals surface area contributed by atoms with E-state index in [0.29, 0.717) is 0 Å². The van der Waals surface area contributed by atoms with Crippen LogP contribution in [-0.2, 0) is 0 Å². The average Bonchev–Trinajstić information content (AvgIpc) is 1.89. The van der Waals surface area contributed by atoms with Gasteiger partial charge in [-0.15, -0.1) is 0 Å². The predicted molar refractivity (Wildman–Crippen MR) is 41.9 cm³/mol. The zero-order valence-electron chi connectivity index (χ0n) is 5.63. The first kappa shape index (κ1) is 8.58. The second-order valence-electron chi connectivity index (χ2n) is 1.72. The Bertz CT molecular complexity index is 113. The van der Waals surface area contributed by atoms with Crippen molar-refractivity contribution >= 4 is 11.8 Å². The maximum absolute atomic E-state index is 8.08. The summed E-state index contributed by atoms with van der Waals surface area (Å²) in [5.41, 5.74) is 0. The number of nitriles is 1. The molecule has 0 N–H and O–H groups in total. The maximum atomic E-state index is 8.08. The average molecular weight is 141 g/mol. The fourth-order valence-corrected chi connectivity index (χ4v) is 0.762. The lowest BCUT2D eigenvalue weighted by molar-refractivity contribution is 0.815. The number of hydrogen-bond donors (Lipinski definition) is 0. The normalized spacial score (nSPS) is 9.78. The second kappa shape index (κ2) is 7.58. The van der Waals surface area contributed by atoms with Crippen molar-refractivity contribution in [2.75, 3.05) is 0 Å². The molecule has 0 aromatic carbocycles. The van der Waals surface area contributed by atoms with Crippen molar-refractivity contribution < 1.29 is 0 Å². The van der Waals surface area contributed by atoms with Gasteiger partial charge in [0.2, 0.25) is 0 Å². The lowest BCUT2D eigenvalue weighted by Crippen LogP contribution is -1.63. The van der Waals surface area contributed by atoms with Crippen LogP contribution in [0.4, 0.5) is 0 Å². The fourth-order valence-electron chi connectivity index (χ4n) is 0.469. The molecule has 0 saturated heterocycles. The first-order valence-corrected chi connectivity index (χ1v) is 3.99. The van der Waals surface area contributed by atoms with Gasteiger partial charge in [-0.2, -0.15) is 5.26 Å². The van der Waals surface area contributed by atoms with Crippen molar-refractivity contribution in [3.05, 3.63) is 11.5 Å². The van der Waals surface area contributed by atoms with Crippen molar-refractivity contribution in [3.63, 3.8) is 0 Å². The molecule has 0 rings (SSSR count). The number of thiocyanates is 1. The summed E-state index contributed by atoms with van der Waals surface area (Å²) in [4.78, 5) is 0. The zero-order valence-corrected chi connectivity index (χ0v) is 6.45. The van der Waals surface area contributed by atoms with E-state index < -0.39 is 0 Å². The van der Waals surface area contributed by atoms with Crippen molar-refractivity contribution in [2.24, 2.45) is 0 Å². The van der Waals surface area contributed by atoms with Crippen molar-refractivity contribution in [2.45, 2.75) is 26.2 Å². The van der Waals surface area contributed by atoms with Crippen LogP contribution >= 0.6 is 11.8 Å². The highest BCUT2D eigenvalue weighted by molar-refractivity contribution is 8.06. The second-order valence-corrected chi connectivity index (χ2v) is 2.41. The molecular weight excluding hydrogens is 130 g/mol. The highest BCUT2D eigenvalue weighted by atomic mass is 32.2. The van der Waals surface area contributed by atoms with E-state index in [0.717, 1.165) is 6.42 Å². The van der Waals surface area contributed by atoms with Crippen LogP contribution in [-0.4, -0.2) is 0 Å². The molecule has 0 fully saturated rings. The summed E-state index contributed by atoms with van der Waals surface area (Å²) in [6.45, 7) is 2.16. The lowest BCUT2D eigenvalue weighted by atomic mass is 10.2. The number of allylic oxidation sites excluding steroid dienone is 1. The Morgan fingerprint density at radius 2 is 2.44 bits per heavy atom. The molecule has 1 nitrogen and oxygen atoms in total. The highest BCUT2D eigenvalue weighted by Gasteiger charge is 1.76. The molecule has 0 radical (unpaired) electrons. The van der Waals surface area contributed by atoms with Crippen LogP contribution in [0.1, 0.15) is 26.2 Å². The summed E-state index contributed by atoms with van der Waals surface area (Å²) in [5.74, 6) is 0. The molecule has 50 valence electrons. The Morgan fingerprint density at radius 3 is 3.00 bits per heavy atom. The maximum Gasteiger partial charge on any atom is 0.137 e. The molecule has 0 spiro atoms. The van der Waals surface area contributed by atoms with Crippen LogP contribution < -0.4 is 0 Å². The Labute approximate surface area is 60.8 Å². The first-order chi connectivity index (χ1) is 4.41. The van der Waals surface area contributed by atoms with E-state index in [4.69, 9.17) is 5.26 Å². The topological polar surface area (TPSA) is 23.8 Å². The third-order valence-corrected chi connectivity index (χ3v) is 1.38. The van der Waals surface area contributed by atoms with E-state index in [2.05, 4.69) is 6.92 Å². The summed E-state index contributed by atoms with van der Waals surface area (Å²) in [6.07, 6.45) is 5.59. The van der Waals surface area contributed by atoms with Crippen molar-refractivity contribution in [1.29, 1.82) is 5.26 Å². The van der Waals surface area contributed by atoms with Gasteiger partial charge in [0, 0.05) is 0 Å². The predicted octanol–water partition coefficient (Wildman–Crippen LogP) is 2.90.